The van der Waals surface area contributed by atoms with Gasteiger partial charge in [-0.05, 0) is 20.8 Å². The van der Waals surface area contributed by atoms with E-state index in [0.29, 0.717) is 19.3 Å². The molecule has 0 aromatic carbocycles. The average Bonchev–Trinajstić information content (AvgIpc) is 2.73. The van der Waals surface area contributed by atoms with Gasteiger partial charge in [0.05, 0.1) is 36.6 Å². The molecule has 0 spiro atoms. The highest BCUT2D eigenvalue weighted by atomic mass is 16.7. The van der Waals surface area contributed by atoms with Gasteiger partial charge in [-0.2, -0.15) is 0 Å². The minimum absolute atomic E-state index is 0.285. The molecule has 3 fully saturated rings. The van der Waals surface area contributed by atoms with Gasteiger partial charge in [-0.25, -0.2) is 0 Å². The lowest BCUT2D eigenvalue weighted by Gasteiger charge is -2.45. The fraction of sp³-hybridized carbons (Fsp3) is 1.00. The van der Waals surface area contributed by atoms with Crippen molar-refractivity contribution in [3.05, 3.63) is 0 Å². The van der Waals surface area contributed by atoms with Crippen LogP contribution in [0, 0.1) is 0 Å². The maximum absolute atomic E-state index is 10.2. The molecule has 2 N–H and O–H groups in total. The van der Waals surface area contributed by atoms with Crippen molar-refractivity contribution >= 4 is 0 Å². The van der Waals surface area contributed by atoms with Gasteiger partial charge in [0, 0.05) is 40.6 Å². The maximum Gasteiger partial charge on any atom is 0.161 e. The van der Waals surface area contributed by atoms with E-state index in [1.54, 1.807) is 28.3 Å². The average molecular weight is 451 g/mol. The molecule has 3 aliphatic heterocycles. The monoisotopic (exact) mass is 450 g/mol. The fourth-order valence-electron chi connectivity index (χ4n) is 4.64. The van der Waals surface area contributed by atoms with Crippen LogP contribution < -0.4 is 0 Å². The number of hydrogen-bond donors (Lipinski definition) is 2. The van der Waals surface area contributed by atoms with E-state index in [-0.39, 0.29) is 42.7 Å². The maximum atomic E-state index is 10.2. The molecule has 0 unspecified atom stereocenters. The Balaban J connectivity index is 1.60. The molecule has 0 bridgehead atoms. The topological polar surface area (TPSA) is 114 Å². The summed E-state index contributed by atoms with van der Waals surface area (Å²) in [4.78, 5) is 0. The molecule has 182 valence electrons. The lowest BCUT2D eigenvalue weighted by molar-refractivity contribution is -0.334. The van der Waals surface area contributed by atoms with Gasteiger partial charge in [0.25, 0.3) is 0 Å². The predicted octanol–water partition coefficient (Wildman–Crippen LogP) is 0.560. The summed E-state index contributed by atoms with van der Waals surface area (Å²) >= 11 is 0. The zero-order valence-corrected chi connectivity index (χ0v) is 19.2. The fourth-order valence-corrected chi connectivity index (χ4v) is 4.64. The van der Waals surface area contributed by atoms with Crippen LogP contribution in [0.4, 0.5) is 0 Å². The quantitative estimate of drug-likeness (QED) is 0.570. The molecule has 12 atom stereocenters. The normalized spacial score (nSPS) is 49.2. The van der Waals surface area contributed by atoms with Gasteiger partial charge in [-0.3, -0.25) is 0 Å². The molecule has 3 aliphatic rings. The van der Waals surface area contributed by atoms with Crippen LogP contribution in [0.15, 0.2) is 0 Å². The van der Waals surface area contributed by atoms with E-state index in [0.717, 1.165) is 0 Å². The number of methoxy groups -OCH3 is 3. The van der Waals surface area contributed by atoms with Crippen molar-refractivity contribution in [3.63, 3.8) is 0 Å². The van der Waals surface area contributed by atoms with E-state index >= 15 is 0 Å². The van der Waals surface area contributed by atoms with Gasteiger partial charge in [0.1, 0.15) is 18.3 Å². The van der Waals surface area contributed by atoms with Crippen LogP contribution in [0.5, 0.6) is 0 Å². The Morgan fingerprint density at radius 1 is 0.613 bits per heavy atom. The van der Waals surface area contributed by atoms with Gasteiger partial charge in [0.2, 0.25) is 0 Å². The van der Waals surface area contributed by atoms with Crippen molar-refractivity contribution in [2.24, 2.45) is 0 Å². The second-order valence-electron chi connectivity index (χ2n) is 8.56. The Morgan fingerprint density at radius 3 is 1.61 bits per heavy atom. The standard InChI is InChI=1S/C21H38O10/c1-10-19(23)13(24-4)8-17(28-10)30-21-12(3)29-18(9-15(21)26-6)31-20-11(2)27-16(22)7-14(20)25-5/h10-23H,7-9H2,1-6H3/t10-,11-,12-,13-,14-,15+,16-,17+,18+,19-,20-,21-/m1/s1. The van der Waals surface area contributed by atoms with Crippen LogP contribution in [0.2, 0.25) is 0 Å². The number of aliphatic hydroxyl groups is 2. The van der Waals surface area contributed by atoms with E-state index < -0.39 is 31.1 Å². The highest BCUT2D eigenvalue weighted by Crippen LogP contribution is 2.33. The number of ether oxygens (including phenoxy) is 8. The minimum atomic E-state index is -0.872. The second-order valence-corrected chi connectivity index (χ2v) is 8.56. The Labute approximate surface area is 184 Å². The molecular weight excluding hydrogens is 412 g/mol. The summed E-state index contributed by atoms with van der Waals surface area (Å²) in [5, 5.41) is 20.0. The number of hydrogen-bond acceptors (Lipinski definition) is 10. The van der Waals surface area contributed by atoms with E-state index in [1.165, 1.54) is 0 Å². The summed E-state index contributed by atoms with van der Waals surface area (Å²) in [5.41, 5.74) is 0. The van der Waals surface area contributed by atoms with Crippen LogP contribution in [0.25, 0.3) is 0 Å². The summed E-state index contributed by atoms with van der Waals surface area (Å²) in [7, 11) is 4.79. The molecule has 0 aromatic heterocycles. The zero-order valence-electron chi connectivity index (χ0n) is 19.2. The molecule has 3 heterocycles. The van der Waals surface area contributed by atoms with Gasteiger partial charge >= 0.3 is 0 Å². The van der Waals surface area contributed by atoms with Crippen LogP contribution >= 0.6 is 0 Å². The molecule has 3 rings (SSSR count). The highest BCUT2D eigenvalue weighted by molar-refractivity contribution is 4.88. The molecule has 3 saturated heterocycles. The first-order valence-corrected chi connectivity index (χ1v) is 11.0. The van der Waals surface area contributed by atoms with Crippen molar-refractivity contribution in [3.8, 4) is 0 Å². The van der Waals surface area contributed by atoms with Crippen LogP contribution in [0.1, 0.15) is 40.0 Å². The van der Waals surface area contributed by atoms with Gasteiger partial charge < -0.3 is 48.1 Å². The molecular formula is C21H38O10. The third kappa shape index (κ3) is 5.94. The Bertz CT molecular complexity index is 550. The van der Waals surface area contributed by atoms with Crippen LogP contribution in [0.3, 0.4) is 0 Å². The molecule has 0 aromatic rings. The van der Waals surface area contributed by atoms with E-state index in [2.05, 4.69) is 0 Å². The van der Waals surface area contributed by atoms with Crippen molar-refractivity contribution in [1.82, 2.24) is 0 Å². The van der Waals surface area contributed by atoms with Gasteiger partial charge in [-0.1, -0.05) is 0 Å². The minimum Gasteiger partial charge on any atom is -0.388 e. The van der Waals surface area contributed by atoms with Crippen molar-refractivity contribution in [2.75, 3.05) is 21.3 Å². The largest absolute Gasteiger partial charge is 0.388 e. The third-order valence-corrected chi connectivity index (χ3v) is 6.43. The summed E-state index contributed by atoms with van der Waals surface area (Å²) in [6.07, 6.45) is -4.26. The second kappa shape index (κ2) is 11.1. The Morgan fingerprint density at radius 2 is 1.06 bits per heavy atom. The first kappa shape index (κ1) is 25.2. The van der Waals surface area contributed by atoms with E-state index in [1.807, 2.05) is 13.8 Å². The Kier molecular flexibility index (Phi) is 9.07. The summed E-state index contributed by atoms with van der Waals surface area (Å²) in [5.74, 6) is 0. The SMILES string of the molecule is CO[C@H]1C[C@H](O[C@@H]2[C@@H](C)O[C@@H](O)C[C@H]2OC)O[C@H](C)[C@H]1O[C@H]1C[C@@H](OC)[C@H](O)[C@@H](C)O1. The zero-order chi connectivity index (χ0) is 22.7. The molecule has 0 aliphatic carbocycles. The van der Waals surface area contributed by atoms with Crippen LogP contribution in [-0.2, 0) is 37.9 Å². The Hall–Kier alpha value is -0.400. The van der Waals surface area contributed by atoms with Crippen LogP contribution in [-0.4, -0.2) is 105 Å². The lowest BCUT2D eigenvalue weighted by Crippen LogP contribution is -2.56. The van der Waals surface area contributed by atoms with Crippen molar-refractivity contribution in [1.29, 1.82) is 0 Å². The van der Waals surface area contributed by atoms with E-state index in [9.17, 15) is 10.2 Å². The highest BCUT2D eigenvalue weighted by Gasteiger charge is 2.45. The first-order valence-electron chi connectivity index (χ1n) is 11.0. The summed E-state index contributed by atoms with van der Waals surface area (Å²) < 4.78 is 46.4. The molecule has 10 heteroatoms. The van der Waals surface area contributed by atoms with Gasteiger partial charge in [-0.15, -0.1) is 0 Å². The van der Waals surface area contributed by atoms with E-state index in [4.69, 9.17) is 37.9 Å². The van der Waals surface area contributed by atoms with Gasteiger partial charge in [0.15, 0.2) is 18.9 Å². The molecule has 0 amide bonds. The predicted molar refractivity (Wildman–Crippen MR) is 107 cm³/mol. The third-order valence-electron chi connectivity index (χ3n) is 6.43. The first-order chi connectivity index (χ1) is 14.8. The smallest absolute Gasteiger partial charge is 0.161 e. The molecule has 0 saturated carbocycles. The molecule has 0 radical (unpaired) electrons. The number of aliphatic hydroxyl groups excluding tert-OH is 2. The molecule has 10 nitrogen and oxygen atoms in total. The molecule has 31 heavy (non-hydrogen) atoms. The van der Waals surface area contributed by atoms with Crippen molar-refractivity contribution in [2.45, 2.75) is 114 Å². The summed E-state index contributed by atoms with van der Waals surface area (Å²) in [6, 6.07) is 0. The van der Waals surface area contributed by atoms with Crippen molar-refractivity contribution < 1.29 is 48.1 Å². The lowest BCUT2D eigenvalue weighted by atomic mass is 9.99. The summed E-state index contributed by atoms with van der Waals surface area (Å²) in [6.45, 7) is 5.54. The number of rotatable bonds is 7.